The average molecular weight is 203 g/mol. The van der Waals surface area contributed by atoms with Gasteiger partial charge in [-0.1, -0.05) is 26.2 Å². The summed E-state index contributed by atoms with van der Waals surface area (Å²) in [5, 5.41) is 0. The molecular formula is C11H18KN. The van der Waals surface area contributed by atoms with Gasteiger partial charge in [0.15, 0.2) is 0 Å². The largest absolute Gasteiger partial charge is 1.00 e. The summed E-state index contributed by atoms with van der Waals surface area (Å²) in [6.07, 6.45) is 9.04. The van der Waals surface area contributed by atoms with E-state index in [1.807, 2.05) is 0 Å². The van der Waals surface area contributed by atoms with E-state index in [-0.39, 0.29) is 51.4 Å². The Balaban J connectivity index is 0.000000845. The molecule has 1 aliphatic heterocycles. The number of piperidine rings is 1. The van der Waals surface area contributed by atoms with Gasteiger partial charge in [-0.3, -0.25) is 5.57 Å². The summed E-state index contributed by atoms with van der Waals surface area (Å²) in [6, 6.07) is 0. The average Bonchev–Trinajstić information content (AvgIpc) is 2.32. The third-order valence-corrected chi connectivity index (χ3v) is 3.22. The van der Waals surface area contributed by atoms with Crippen LogP contribution in [0.1, 0.15) is 32.6 Å². The second-order valence-corrected chi connectivity index (χ2v) is 4.53. The Kier molecular flexibility index (Phi) is 4.68. The molecule has 0 N–H and O–H groups in total. The van der Waals surface area contributed by atoms with E-state index in [0.717, 1.165) is 0 Å². The third-order valence-electron chi connectivity index (χ3n) is 3.22. The molecule has 1 unspecified atom stereocenters. The van der Waals surface area contributed by atoms with Crippen LogP contribution < -0.4 is 51.4 Å². The summed E-state index contributed by atoms with van der Waals surface area (Å²) in [7, 11) is 2.23. The Labute approximate surface area is 124 Å². The maximum Gasteiger partial charge on any atom is 1.00 e. The van der Waals surface area contributed by atoms with E-state index in [9.17, 15) is 0 Å². The SMILES string of the molecule is CC1=[C-]C2(CCCN(C)C2)CC1.[K+]. The first-order valence-corrected chi connectivity index (χ1v) is 4.99. The van der Waals surface area contributed by atoms with Gasteiger partial charge in [-0.05, 0) is 26.6 Å². The van der Waals surface area contributed by atoms with Gasteiger partial charge in [-0.15, -0.1) is 5.41 Å². The number of nitrogens with zero attached hydrogens (tertiary/aromatic N) is 1. The first-order valence-electron chi connectivity index (χ1n) is 4.99. The molecule has 1 spiro atoms. The van der Waals surface area contributed by atoms with Crippen molar-refractivity contribution >= 4 is 0 Å². The van der Waals surface area contributed by atoms with Crippen LogP contribution in [-0.2, 0) is 0 Å². The van der Waals surface area contributed by atoms with Crippen molar-refractivity contribution in [1.82, 2.24) is 4.90 Å². The number of rotatable bonds is 0. The van der Waals surface area contributed by atoms with Crippen LogP contribution in [0.25, 0.3) is 0 Å². The molecule has 0 saturated carbocycles. The minimum absolute atomic E-state index is 0. The summed E-state index contributed by atoms with van der Waals surface area (Å²) in [6.45, 7) is 4.75. The number of likely N-dealkylation sites (tertiary alicyclic amines) is 1. The van der Waals surface area contributed by atoms with Crippen LogP contribution in [0.2, 0.25) is 0 Å². The zero-order valence-corrected chi connectivity index (χ0v) is 12.3. The van der Waals surface area contributed by atoms with Crippen molar-refractivity contribution in [2.75, 3.05) is 20.1 Å². The molecule has 0 aromatic rings. The normalized spacial score (nSPS) is 34.5. The molecule has 1 heterocycles. The van der Waals surface area contributed by atoms with E-state index in [1.54, 1.807) is 0 Å². The fourth-order valence-corrected chi connectivity index (χ4v) is 2.67. The molecule has 68 valence electrons. The van der Waals surface area contributed by atoms with Crippen molar-refractivity contribution in [3.05, 3.63) is 11.6 Å². The summed E-state index contributed by atoms with van der Waals surface area (Å²) >= 11 is 0. The van der Waals surface area contributed by atoms with Crippen molar-refractivity contribution in [2.24, 2.45) is 5.41 Å². The fourth-order valence-electron chi connectivity index (χ4n) is 2.67. The zero-order chi connectivity index (χ0) is 8.60. The summed E-state index contributed by atoms with van der Waals surface area (Å²) in [5.74, 6) is 0. The van der Waals surface area contributed by atoms with Crippen LogP contribution >= 0.6 is 0 Å². The minimum atomic E-state index is 0. The Hall–Kier alpha value is 1.34. The van der Waals surface area contributed by atoms with Gasteiger partial charge in [0.2, 0.25) is 0 Å². The van der Waals surface area contributed by atoms with Crippen molar-refractivity contribution in [3.8, 4) is 0 Å². The molecule has 2 heteroatoms. The van der Waals surface area contributed by atoms with Gasteiger partial charge in [0.05, 0.1) is 0 Å². The molecule has 1 nitrogen and oxygen atoms in total. The second-order valence-electron chi connectivity index (χ2n) is 4.53. The molecule has 0 aromatic carbocycles. The first-order chi connectivity index (χ1) is 5.70. The predicted octanol–water partition coefficient (Wildman–Crippen LogP) is -0.754. The summed E-state index contributed by atoms with van der Waals surface area (Å²) < 4.78 is 0. The third kappa shape index (κ3) is 2.89. The quantitative estimate of drug-likeness (QED) is 0.370. The molecule has 1 atom stereocenters. The Bertz CT molecular complexity index is 212. The van der Waals surface area contributed by atoms with E-state index < -0.39 is 0 Å². The van der Waals surface area contributed by atoms with Crippen LogP contribution in [0.5, 0.6) is 0 Å². The molecule has 13 heavy (non-hydrogen) atoms. The Morgan fingerprint density at radius 1 is 1.38 bits per heavy atom. The van der Waals surface area contributed by atoms with Crippen LogP contribution in [-0.4, -0.2) is 25.0 Å². The second kappa shape index (κ2) is 4.91. The topological polar surface area (TPSA) is 3.24 Å². The molecule has 0 aromatic heterocycles. The van der Waals surface area contributed by atoms with Gasteiger partial charge in [0, 0.05) is 0 Å². The van der Waals surface area contributed by atoms with Crippen molar-refractivity contribution < 1.29 is 51.4 Å². The Morgan fingerprint density at radius 2 is 2.15 bits per heavy atom. The van der Waals surface area contributed by atoms with E-state index in [2.05, 4.69) is 24.9 Å². The maximum atomic E-state index is 3.67. The minimum Gasteiger partial charge on any atom is -0.490 e. The molecule has 0 radical (unpaired) electrons. The zero-order valence-electron chi connectivity index (χ0n) is 9.19. The smallest absolute Gasteiger partial charge is 0.490 e. The molecular weight excluding hydrogens is 185 g/mol. The maximum absolute atomic E-state index is 3.67. The molecule has 2 rings (SSSR count). The molecule has 1 fully saturated rings. The van der Waals surface area contributed by atoms with Crippen molar-refractivity contribution in [1.29, 1.82) is 0 Å². The predicted molar refractivity (Wildman–Crippen MR) is 50.8 cm³/mol. The van der Waals surface area contributed by atoms with Gasteiger partial charge in [-0.2, -0.15) is 0 Å². The van der Waals surface area contributed by atoms with Crippen LogP contribution in [0.4, 0.5) is 0 Å². The molecule has 1 aliphatic carbocycles. The Morgan fingerprint density at radius 3 is 2.69 bits per heavy atom. The standard InChI is InChI=1S/C11H18N.K/c1-10-4-6-11(8-10)5-3-7-12(2)9-11;/h3-7,9H2,1-2H3;/q-1;+1. The van der Waals surface area contributed by atoms with Gasteiger partial charge < -0.3 is 11.0 Å². The van der Waals surface area contributed by atoms with Crippen molar-refractivity contribution in [2.45, 2.75) is 32.6 Å². The van der Waals surface area contributed by atoms with Crippen molar-refractivity contribution in [3.63, 3.8) is 0 Å². The summed E-state index contributed by atoms with van der Waals surface area (Å²) in [5.41, 5.74) is 1.95. The van der Waals surface area contributed by atoms with Crippen LogP contribution in [0.3, 0.4) is 0 Å². The van der Waals surface area contributed by atoms with E-state index in [4.69, 9.17) is 0 Å². The van der Waals surface area contributed by atoms with E-state index in [0.29, 0.717) is 5.41 Å². The van der Waals surface area contributed by atoms with Gasteiger partial charge in [0.1, 0.15) is 0 Å². The number of hydrogen-bond acceptors (Lipinski definition) is 1. The monoisotopic (exact) mass is 203 g/mol. The van der Waals surface area contributed by atoms with Gasteiger partial charge >= 0.3 is 51.4 Å². The van der Waals surface area contributed by atoms with E-state index >= 15 is 0 Å². The molecule has 0 amide bonds. The fraction of sp³-hybridized carbons (Fsp3) is 0.818. The summed E-state index contributed by atoms with van der Waals surface area (Å²) in [4.78, 5) is 2.45. The molecule has 0 bridgehead atoms. The van der Waals surface area contributed by atoms with Gasteiger partial charge in [0.25, 0.3) is 0 Å². The van der Waals surface area contributed by atoms with Gasteiger partial charge in [-0.25, -0.2) is 0 Å². The van der Waals surface area contributed by atoms with Crippen LogP contribution in [0, 0.1) is 11.5 Å². The number of hydrogen-bond donors (Lipinski definition) is 0. The molecule has 1 saturated heterocycles. The van der Waals surface area contributed by atoms with E-state index in [1.165, 1.54) is 44.3 Å². The van der Waals surface area contributed by atoms with Crippen LogP contribution in [0.15, 0.2) is 5.57 Å². The first kappa shape index (κ1) is 12.4. The number of allylic oxidation sites excluding steroid dienone is 1. The molecule has 2 aliphatic rings.